The molecule has 0 heterocycles. The fraction of sp³-hybridized carbons (Fsp3) is 0.391. The monoisotopic (exact) mass is 398 g/mol. The average Bonchev–Trinajstić information content (AvgIpc) is 3.48. The van der Waals surface area contributed by atoms with Gasteiger partial charge in [-0.2, -0.15) is 0 Å². The minimum Gasteiger partial charge on any atom is -0.355 e. The molecule has 0 unspecified atom stereocenters. The van der Waals surface area contributed by atoms with Gasteiger partial charge in [-0.1, -0.05) is 54.1 Å². The van der Waals surface area contributed by atoms with E-state index in [0.717, 1.165) is 11.1 Å². The maximum atomic E-state index is 13.2. The minimum absolute atomic E-state index is 0.0319. The van der Waals surface area contributed by atoms with E-state index in [9.17, 15) is 9.59 Å². The highest BCUT2D eigenvalue weighted by atomic mass is 35.5. The maximum Gasteiger partial charge on any atom is 0.238 e. The molecule has 5 heteroatoms. The number of nitrogens with zero attached hydrogens (tertiary/aromatic N) is 1. The maximum absolute atomic E-state index is 13.2. The lowest BCUT2D eigenvalue weighted by Crippen LogP contribution is -2.47. The summed E-state index contributed by atoms with van der Waals surface area (Å²) < 4.78 is 0. The second-order valence-corrected chi connectivity index (χ2v) is 8.17. The fourth-order valence-electron chi connectivity index (χ4n) is 3.39. The molecule has 0 spiro atoms. The van der Waals surface area contributed by atoms with Crippen LogP contribution < -0.4 is 5.32 Å². The molecule has 0 saturated heterocycles. The fourth-order valence-corrected chi connectivity index (χ4v) is 3.60. The highest BCUT2D eigenvalue weighted by Crippen LogP contribution is 2.48. The molecule has 3 rings (SSSR count). The molecule has 0 bridgehead atoms. The highest BCUT2D eigenvalue weighted by molar-refractivity contribution is 6.30. The van der Waals surface area contributed by atoms with Crippen LogP contribution in [0.1, 0.15) is 37.8 Å². The Morgan fingerprint density at radius 3 is 2.36 bits per heavy atom. The standard InChI is InChI=1S/C23H27ClN2O2/c1-17(2)26(16-19-7-4-3-5-8-19)22(28)23(12-13-23)21(27)25-14-11-18-9-6-10-20(24)15-18/h3-10,15,17H,11-14,16H2,1-2H3,(H,25,27). The van der Waals surface area contributed by atoms with Crippen LogP contribution in [0.15, 0.2) is 54.6 Å². The van der Waals surface area contributed by atoms with E-state index in [0.29, 0.717) is 37.4 Å². The number of amides is 2. The van der Waals surface area contributed by atoms with Gasteiger partial charge in [0.05, 0.1) is 0 Å². The molecule has 1 N–H and O–H groups in total. The molecule has 1 saturated carbocycles. The highest BCUT2D eigenvalue weighted by Gasteiger charge is 2.58. The van der Waals surface area contributed by atoms with Gasteiger partial charge in [-0.3, -0.25) is 9.59 Å². The molecule has 1 aliphatic carbocycles. The predicted molar refractivity (Wildman–Crippen MR) is 112 cm³/mol. The Balaban J connectivity index is 1.61. The van der Waals surface area contributed by atoms with Gasteiger partial charge in [0.2, 0.25) is 11.8 Å². The van der Waals surface area contributed by atoms with Crippen LogP contribution in [0.4, 0.5) is 0 Å². The van der Waals surface area contributed by atoms with Crippen molar-refractivity contribution < 1.29 is 9.59 Å². The van der Waals surface area contributed by atoms with Crippen molar-refractivity contribution >= 4 is 23.4 Å². The van der Waals surface area contributed by atoms with Crippen LogP contribution in [0.3, 0.4) is 0 Å². The third-order valence-electron chi connectivity index (χ3n) is 5.26. The number of hydrogen-bond donors (Lipinski definition) is 1. The third-order valence-corrected chi connectivity index (χ3v) is 5.50. The molecule has 2 aromatic carbocycles. The van der Waals surface area contributed by atoms with Gasteiger partial charge in [0.25, 0.3) is 0 Å². The van der Waals surface area contributed by atoms with E-state index in [1.54, 1.807) is 0 Å². The van der Waals surface area contributed by atoms with Gasteiger partial charge in [-0.25, -0.2) is 0 Å². The Bertz CT molecular complexity index is 832. The summed E-state index contributed by atoms with van der Waals surface area (Å²) in [6.07, 6.45) is 1.92. The number of carbonyl (C=O) groups is 2. The summed E-state index contributed by atoms with van der Waals surface area (Å²) >= 11 is 6.00. The van der Waals surface area contributed by atoms with Crippen molar-refractivity contribution in [3.63, 3.8) is 0 Å². The van der Waals surface area contributed by atoms with Crippen LogP contribution in [0.2, 0.25) is 5.02 Å². The van der Waals surface area contributed by atoms with Crippen LogP contribution in [0, 0.1) is 5.41 Å². The van der Waals surface area contributed by atoms with Crippen molar-refractivity contribution in [3.8, 4) is 0 Å². The molecule has 0 radical (unpaired) electrons. The first-order valence-corrected chi connectivity index (χ1v) is 10.2. The molecule has 0 aromatic heterocycles. The second kappa shape index (κ2) is 8.78. The SMILES string of the molecule is CC(C)N(Cc1ccccc1)C(=O)C1(C(=O)NCCc2cccc(Cl)c2)CC1. The number of hydrogen-bond acceptors (Lipinski definition) is 2. The molecular formula is C23H27ClN2O2. The van der Waals surface area contributed by atoms with E-state index in [2.05, 4.69) is 5.32 Å². The van der Waals surface area contributed by atoms with Crippen LogP contribution in [-0.4, -0.2) is 29.3 Å². The van der Waals surface area contributed by atoms with Gasteiger partial charge in [-0.15, -0.1) is 0 Å². The summed E-state index contributed by atoms with van der Waals surface area (Å²) in [5.41, 5.74) is 1.24. The smallest absolute Gasteiger partial charge is 0.238 e. The van der Waals surface area contributed by atoms with Crippen molar-refractivity contribution in [1.29, 1.82) is 0 Å². The molecule has 2 amide bonds. The average molecular weight is 399 g/mol. The summed E-state index contributed by atoms with van der Waals surface area (Å²) in [6.45, 7) is 5.01. The van der Waals surface area contributed by atoms with E-state index in [1.807, 2.05) is 73.3 Å². The number of rotatable bonds is 8. The summed E-state index contributed by atoms with van der Waals surface area (Å²) in [7, 11) is 0. The summed E-state index contributed by atoms with van der Waals surface area (Å²) in [5, 5.41) is 3.65. The van der Waals surface area contributed by atoms with Gasteiger partial charge >= 0.3 is 0 Å². The number of benzene rings is 2. The van der Waals surface area contributed by atoms with Crippen molar-refractivity contribution in [3.05, 3.63) is 70.7 Å². The Labute approximate surface area is 171 Å². The van der Waals surface area contributed by atoms with E-state index in [4.69, 9.17) is 11.6 Å². The first kappa shape index (κ1) is 20.4. The second-order valence-electron chi connectivity index (χ2n) is 7.73. The van der Waals surface area contributed by atoms with Crippen LogP contribution >= 0.6 is 11.6 Å². The predicted octanol–water partition coefficient (Wildman–Crippen LogP) is 4.22. The molecule has 4 nitrogen and oxygen atoms in total. The van der Waals surface area contributed by atoms with Gasteiger partial charge in [0, 0.05) is 24.2 Å². The molecule has 0 atom stereocenters. The van der Waals surface area contributed by atoms with Crippen molar-refractivity contribution in [2.45, 2.75) is 45.7 Å². The van der Waals surface area contributed by atoms with Crippen LogP contribution in [0.25, 0.3) is 0 Å². The molecule has 0 aliphatic heterocycles. The first-order chi connectivity index (χ1) is 13.4. The Kier molecular flexibility index (Phi) is 6.40. The molecule has 2 aromatic rings. The zero-order chi connectivity index (χ0) is 20.1. The van der Waals surface area contributed by atoms with Crippen molar-refractivity contribution in [2.75, 3.05) is 6.54 Å². The number of nitrogens with one attached hydrogen (secondary N) is 1. The van der Waals surface area contributed by atoms with Gasteiger partial charge < -0.3 is 10.2 Å². The molecule has 1 fully saturated rings. The Morgan fingerprint density at radius 1 is 1.07 bits per heavy atom. The quantitative estimate of drug-likeness (QED) is 0.677. The van der Waals surface area contributed by atoms with Crippen LogP contribution in [0.5, 0.6) is 0 Å². The molecular weight excluding hydrogens is 372 g/mol. The zero-order valence-corrected chi connectivity index (χ0v) is 17.2. The third kappa shape index (κ3) is 4.74. The van der Waals surface area contributed by atoms with E-state index < -0.39 is 5.41 Å². The van der Waals surface area contributed by atoms with E-state index in [1.165, 1.54) is 0 Å². The lowest BCUT2D eigenvalue weighted by Gasteiger charge is -2.30. The van der Waals surface area contributed by atoms with Gasteiger partial charge in [0.15, 0.2) is 0 Å². The zero-order valence-electron chi connectivity index (χ0n) is 16.5. The Morgan fingerprint density at radius 2 is 1.75 bits per heavy atom. The number of halogens is 1. The minimum atomic E-state index is -0.895. The van der Waals surface area contributed by atoms with Crippen LogP contribution in [-0.2, 0) is 22.6 Å². The molecule has 28 heavy (non-hydrogen) atoms. The lowest BCUT2D eigenvalue weighted by molar-refractivity contribution is -0.146. The van der Waals surface area contributed by atoms with E-state index in [-0.39, 0.29) is 17.9 Å². The van der Waals surface area contributed by atoms with Gasteiger partial charge in [-0.05, 0) is 56.4 Å². The Hall–Kier alpha value is -2.33. The summed E-state index contributed by atoms with van der Waals surface area (Å²) in [6, 6.07) is 17.5. The van der Waals surface area contributed by atoms with Crippen molar-refractivity contribution in [2.24, 2.45) is 5.41 Å². The van der Waals surface area contributed by atoms with Crippen molar-refractivity contribution in [1.82, 2.24) is 10.2 Å². The lowest BCUT2D eigenvalue weighted by atomic mass is 10.0. The van der Waals surface area contributed by atoms with E-state index >= 15 is 0 Å². The topological polar surface area (TPSA) is 49.4 Å². The summed E-state index contributed by atoms with van der Waals surface area (Å²) in [4.78, 5) is 27.9. The largest absolute Gasteiger partial charge is 0.355 e. The molecule has 1 aliphatic rings. The summed E-state index contributed by atoms with van der Waals surface area (Å²) in [5.74, 6) is -0.218. The normalized spacial score (nSPS) is 14.6. The number of carbonyl (C=O) groups excluding carboxylic acids is 2. The molecule has 148 valence electrons. The first-order valence-electron chi connectivity index (χ1n) is 9.80. The van der Waals surface area contributed by atoms with Gasteiger partial charge in [0.1, 0.15) is 5.41 Å².